The molecule has 0 amide bonds. The molecular formula is C11H13F3O. The standard InChI is InChI=1S/C11H13F3O/c12-11(13,14)10-3-6-1-7(4-10)9(15)8(2-6)5-10/h6-8H,1-5H2/t6?,7-,8+,10?. The molecule has 0 aromatic carbocycles. The molecule has 0 spiro atoms. The number of alkyl halides is 3. The Bertz CT molecular complexity index is 302. The van der Waals surface area contributed by atoms with Gasteiger partial charge in [0.25, 0.3) is 0 Å². The van der Waals surface area contributed by atoms with E-state index in [0.717, 1.165) is 0 Å². The largest absolute Gasteiger partial charge is 0.394 e. The predicted octanol–water partition coefficient (Wildman–Crippen LogP) is 2.94. The molecular weight excluding hydrogens is 205 g/mol. The summed E-state index contributed by atoms with van der Waals surface area (Å²) in [4.78, 5) is 11.7. The van der Waals surface area contributed by atoms with Crippen molar-refractivity contribution < 1.29 is 18.0 Å². The van der Waals surface area contributed by atoms with Gasteiger partial charge >= 0.3 is 6.18 Å². The van der Waals surface area contributed by atoms with Crippen molar-refractivity contribution in [3.05, 3.63) is 0 Å². The number of Topliss-reactive ketones (excluding diaryl/α,β-unsaturated/α-hetero) is 1. The van der Waals surface area contributed by atoms with E-state index in [9.17, 15) is 18.0 Å². The first kappa shape index (κ1) is 9.67. The molecule has 4 fully saturated rings. The maximum Gasteiger partial charge on any atom is 0.394 e. The van der Waals surface area contributed by atoms with Crippen molar-refractivity contribution in [1.29, 1.82) is 0 Å². The quantitative estimate of drug-likeness (QED) is 0.611. The average molecular weight is 218 g/mol. The zero-order chi connectivity index (χ0) is 10.8. The lowest BCUT2D eigenvalue weighted by Crippen LogP contribution is -2.56. The van der Waals surface area contributed by atoms with Gasteiger partial charge in [-0.05, 0) is 38.0 Å². The summed E-state index contributed by atoms with van der Waals surface area (Å²) >= 11 is 0. The lowest BCUT2D eigenvalue weighted by molar-refractivity contribution is -0.266. The lowest BCUT2D eigenvalue weighted by Gasteiger charge is -2.55. The van der Waals surface area contributed by atoms with Crippen molar-refractivity contribution in [1.82, 2.24) is 0 Å². The molecule has 4 heteroatoms. The van der Waals surface area contributed by atoms with E-state index in [2.05, 4.69) is 0 Å². The zero-order valence-corrected chi connectivity index (χ0v) is 8.31. The van der Waals surface area contributed by atoms with E-state index < -0.39 is 11.6 Å². The van der Waals surface area contributed by atoms with E-state index in [0.29, 0.717) is 12.8 Å². The summed E-state index contributed by atoms with van der Waals surface area (Å²) in [7, 11) is 0. The molecule has 0 aliphatic heterocycles. The minimum Gasteiger partial charge on any atom is -0.299 e. The van der Waals surface area contributed by atoms with Crippen molar-refractivity contribution in [3.8, 4) is 0 Å². The predicted molar refractivity (Wildman–Crippen MR) is 47.1 cm³/mol. The third-order valence-electron chi connectivity index (χ3n) is 4.60. The first-order valence-electron chi connectivity index (χ1n) is 5.52. The number of carbonyl (C=O) groups excluding carboxylic acids is 1. The molecule has 4 saturated carbocycles. The SMILES string of the molecule is O=C1[C@@H]2CC3C[C@H]1CC(C(F)(F)F)(C3)C2. The molecule has 4 rings (SSSR count). The summed E-state index contributed by atoms with van der Waals surface area (Å²) in [6.45, 7) is 0. The highest BCUT2D eigenvalue weighted by atomic mass is 19.4. The van der Waals surface area contributed by atoms with Gasteiger partial charge in [0.2, 0.25) is 0 Å². The third-order valence-corrected chi connectivity index (χ3v) is 4.60. The first-order chi connectivity index (χ1) is 6.91. The van der Waals surface area contributed by atoms with Crippen molar-refractivity contribution in [3.63, 3.8) is 0 Å². The maximum atomic E-state index is 13.0. The van der Waals surface area contributed by atoms with E-state index in [1.54, 1.807) is 0 Å². The summed E-state index contributed by atoms with van der Waals surface area (Å²) in [6.07, 6.45) is -2.26. The number of hydrogen-bond acceptors (Lipinski definition) is 1. The van der Waals surface area contributed by atoms with Crippen LogP contribution in [0.25, 0.3) is 0 Å². The van der Waals surface area contributed by atoms with E-state index in [1.165, 1.54) is 0 Å². The highest BCUT2D eigenvalue weighted by Gasteiger charge is 2.65. The van der Waals surface area contributed by atoms with E-state index in [-0.39, 0.29) is 42.8 Å². The molecule has 0 aromatic rings. The highest BCUT2D eigenvalue weighted by molar-refractivity contribution is 5.85. The van der Waals surface area contributed by atoms with Crippen LogP contribution in [0.5, 0.6) is 0 Å². The Hall–Kier alpha value is -0.540. The molecule has 0 N–H and O–H groups in total. The van der Waals surface area contributed by atoms with Crippen LogP contribution in [-0.2, 0) is 4.79 Å². The van der Waals surface area contributed by atoms with Gasteiger partial charge in [-0.3, -0.25) is 4.79 Å². The second-order valence-electron chi connectivity index (χ2n) is 5.52. The van der Waals surface area contributed by atoms with Crippen LogP contribution in [0.1, 0.15) is 32.1 Å². The molecule has 4 aliphatic carbocycles. The van der Waals surface area contributed by atoms with Crippen LogP contribution in [0, 0.1) is 23.2 Å². The Labute approximate surface area is 86.0 Å². The lowest BCUT2D eigenvalue weighted by atomic mass is 9.49. The number of halogens is 3. The first-order valence-corrected chi connectivity index (χ1v) is 5.52. The van der Waals surface area contributed by atoms with Crippen molar-refractivity contribution >= 4 is 5.78 Å². The Morgan fingerprint density at radius 2 is 1.60 bits per heavy atom. The number of ketones is 1. The number of rotatable bonds is 0. The van der Waals surface area contributed by atoms with Gasteiger partial charge < -0.3 is 0 Å². The van der Waals surface area contributed by atoms with Gasteiger partial charge in [0, 0.05) is 11.8 Å². The van der Waals surface area contributed by atoms with Crippen LogP contribution in [-0.4, -0.2) is 12.0 Å². The Morgan fingerprint density at radius 3 is 2.07 bits per heavy atom. The zero-order valence-electron chi connectivity index (χ0n) is 8.31. The minimum absolute atomic E-state index is 0.0718. The molecule has 0 heterocycles. The normalized spacial score (nSPS) is 48.7. The second kappa shape index (κ2) is 2.58. The molecule has 0 aromatic heterocycles. The summed E-state index contributed by atoms with van der Waals surface area (Å²) in [5, 5.41) is 0. The summed E-state index contributed by atoms with van der Waals surface area (Å²) in [6, 6.07) is 0. The average Bonchev–Trinajstić information content (AvgIpc) is 2.10. The van der Waals surface area contributed by atoms with Crippen molar-refractivity contribution in [2.45, 2.75) is 38.3 Å². The Balaban J connectivity index is 1.99. The second-order valence-corrected chi connectivity index (χ2v) is 5.52. The number of hydrogen-bond donors (Lipinski definition) is 0. The van der Waals surface area contributed by atoms with Crippen LogP contribution in [0.15, 0.2) is 0 Å². The van der Waals surface area contributed by atoms with E-state index in [4.69, 9.17) is 0 Å². The van der Waals surface area contributed by atoms with Gasteiger partial charge in [0.1, 0.15) is 5.78 Å². The fourth-order valence-corrected chi connectivity index (χ4v) is 4.09. The molecule has 1 nitrogen and oxygen atoms in total. The van der Waals surface area contributed by atoms with Crippen LogP contribution >= 0.6 is 0 Å². The van der Waals surface area contributed by atoms with Gasteiger partial charge in [-0.15, -0.1) is 0 Å². The fraction of sp³-hybridized carbons (Fsp3) is 0.909. The smallest absolute Gasteiger partial charge is 0.299 e. The molecule has 84 valence electrons. The highest BCUT2D eigenvalue weighted by Crippen LogP contribution is 2.64. The molecule has 0 radical (unpaired) electrons. The van der Waals surface area contributed by atoms with Crippen LogP contribution in [0.4, 0.5) is 13.2 Å². The number of carbonyl (C=O) groups is 1. The third kappa shape index (κ3) is 1.14. The molecule has 4 aliphatic rings. The molecule has 4 bridgehead atoms. The molecule has 0 saturated heterocycles. The topological polar surface area (TPSA) is 17.1 Å². The van der Waals surface area contributed by atoms with Crippen molar-refractivity contribution in [2.75, 3.05) is 0 Å². The Morgan fingerprint density at radius 1 is 1.07 bits per heavy atom. The van der Waals surface area contributed by atoms with Gasteiger partial charge in [-0.25, -0.2) is 0 Å². The molecule has 2 unspecified atom stereocenters. The van der Waals surface area contributed by atoms with Gasteiger partial charge in [-0.1, -0.05) is 0 Å². The summed E-state index contributed by atoms with van der Waals surface area (Å²) in [5.74, 6) is -0.289. The van der Waals surface area contributed by atoms with Gasteiger partial charge in [0.15, 0.2) is 0 Å². The molecule has 15 heavy (non-hydrogen) atoms. The molecule has 4 atom stereocenters. The van der Waals surface area contributed by atoms with Crippen molar-refractivity contribution in [2.24, 2.45) is 23.2 Å². The van der Waals surface area contributed by atoms with E-state index >= 15 is 0 Å². The van der Waals surface area contributed by atoms with Gasteiger partial charge in [-0.2, -0.15) is 13.2 Å². The van der Waals surface area contributed by atoms with Crippen LogP contribution in [0.2, 0.25) is 0 Å². The summed E-state index contributed by atoms with van der Waals surface area (Å²) in [5.41, 5.74) is -1.50. The van der Waals surface area contributed by atoms with Crippen LogP contribution in [0.3, 0.4) is 0 Å². The van der Waals surface area contributed by atoms with E-state index in [1.807, 2.05) is 0 Å². The Kier molecular flexibility index (Phi) is 1.66. The maximum absolute atomic E-state index is 13.0. The van der Waals surface area contributed by atoms with Crippen LogP contribution < -0.4 is 0 Å². The van der Waals surface area contributed by atoms with Gasteiger partial charge in [0.05, 0.1) is 5.41 Å². The monoisotopic (exact) mass is 218 g/mol. The minimum atomic E-state index is -4.11. The fourth-order valence-electron chi connectivity index (χ4n) is 4.09. The summed E-state index contributed by atoms with van der Waals surface area (Å²) < 4.78 is 39.0.